The second-order valence-corrected chi connectivity index (χ2v) is 5.11. The van der Waals surface area contributed by atoms with Crippen LogP contribution in [-0.4, -0.2) is 16.2 Å². The number of nitrogens with one attached hydrogen (secondary N) is 1. The van der Waals surface area contributed by atoms with E-state index >= 15 is 0 Å². The van der Waals surface area contributed by atoms with Crippen LogP contribution in [0.4, 0.5) is 0 Å². The highest BCUT2D eigenvalue weighted by Gasteiger charge is 2.36. The Labute approximate surface area is 95.5 Å². The van der Waals surface area contributed by atoms with E-state index in [-0.39, 0.29) is 0 Å². The summed E-state index contributed by atoms with van der Waals surface area (Å²) in [4.78, 5) is 0. The van der Waals surface area contributed by atoms with Gasteiger partial charge in [0, 0.05) is 24.8 Å². The number of aromatic nitrogens is 2. The Hall–Kier alpha value is -1.35. The van der Waals surface area contributed by atoms with Crippen LogP contribution in [0.5, 0.6) is 0 Å². The van der Waals surface area contributed by atoms with Crippen LogP contribution in [0, 0.1) is 5.41 Å². The molecule has 1 fully saturated rings. The van der Waals surface area contributed by atoms with E-state index in [2.05, 4.69) is 29.5 Å². The van der Waals surface area contributed by atoms with Crippen LogP contribution in [-0.2, 0) is 6.54 Å². The molecule has 0 radical (unpaired) electrons. The monoisotopic (exact) mass is 215 g/mol. The summed E-state index contributed by atoms with van der Waals surface area (Å²) >= 11 is 0. The van der Waals surface area contributed by atoms with Gasteiger partial charge in [-0.25, -0.2) is 4.52 Å². The normalized spacial score (nSPS) is 17.8. The maximum atomic E-state index is 4.33. The zero-order chi connectivity index (χ0) is 11.0. The Kier molecular flexibility index (Phi) is 2.21. The van der Waals surface area contributed by atoms with Gasteiger partial charge in [0.25, 0.3) is 0 Å². The maximum absolute atomic E-state index is 4.33. The summed E-state index contributed by atoms with van der Waals surface area (Å²) in [6, 6.07) is 6.17. The van der Waals surface area contributed by atoms with Crippen molar-refractivity contribution in [2.75, 3.05) is 6.54 Å². The first kappa shape index (κ1) is 9.85. The average molecular weight is 215 g/mol. The van der Waals surface area contributed by atoms with E-state index in [1.807, 2.05) is 23.0 Å². The van der Waals surface area contributed by atoms with Gasteiger partial charge in [-0.2, -0.15) is 5.10 Å². The average Bonchev–Trinajstić information content (AvgIpc) is 2.89. The van der Waals surface area contributed by atoms with Crippen molar-refractivity contribution in [2.45, 2.75) is 26.3 Å². The lowest BCUT2D eigenvalue weighted by Crippen LogP contribution is -2.21. The van der Waals surface area contributed by atoms with Crippen LogP contribution >= 0.6 is 0 Å². The smallest absolute Gasteiger partial charge is 0.0706 e. The van der Waals surface area contributed by atoms with Gasteiger partial charge in [0.1, 0.15) is 0 Å². The van der Waals surface area contributed by atoms with E-state index in [1.165, 1.54) is 23.9 Å². The van der Waals surface area contributed by atoms with Gasteiger partial charge in [0.2, 0.25) is 0 Å². The van der Waals surface area contributed by atoms with Gasteiger partial charge in [-0.1, -0.05) is 13.0 Å². The minimum absolute atomic E-state index is 0.572. The molecule has 0 bridgehead atoms. The van der Waals surface area contributed by atoms with E-state index in [9.17, 15) is 0 Å². The summed E-state index contributed by atoms with van der Waals surface area (Å²) in [5, 5.41) is 7.86. The maximum Gasteiger partial charge on any atom is 0.0706 e. The number of hydrogen-bond donors (Lipinski definition) is 1. The molecule has 0 saturated heterocycles. The summed E-state index contributed by atoms with van der Waals surface area (Å²) in [7, 11) is 0. The lowest BCUT2D eigenvalue weighted by molar-refractivity contribution is 0.500. The van der Waals surface area contributed by atoms with Crippen LogP contribution in [0.1, 0.15) is 25.3 Å². The van der Waals surface area contributed by atoms with Gasteiger partial charge in [-0.3, -0.25) is 0 Å². The second-order valence-electron chi connectivity index (χ2n) is 5.11. The van der Waals surface area contributed by atoms with E-state index in [0.29, 0.717) is 5.41 Å². The zero-order valence-corrected chi connectivity index (χ0v) is 9.61. The first-order valence-corrected chi connectivity index (χ1v) is 5.89. The first-order valence-electron chi connectivity index (χ1n) is 5.89. The summed E-state index contributed by atoms with van der Waals surface area (Å²) in [5.74, 6) is 0. The predicted molar refractivity (Wildman–Crippen MR) is 64.2 cm³/mol. The molecule has 3 heteroatoms. The van der Waals surface area contributed by atoms with Crippen molar-refractivity contribution in [3.05, 3.63) is 36.2 Å². The number of rotatable bonds is 4. The van der Waals surface area contributed by atoms with Gasteiger partial charge in [0.15, 0.2) is 0 Å². The van der Waals surface area contributed by atoms with E-state index in [1.54, 1.807) is 0 Å². The molecule has 0 aliphatic heterocycles. The minimum atomic E-state index is 0.572. The molecule has 1 aliphatic rings. The third-order valence-electron chi connectivity index (χ3n) is 3.48. The zero-order valence-electron chi connectivity index (χ0n) is 9.61. The Balaban J connectivity index is 1.69. The van der Waals surface area contributed by atoms with Crippen LogP contribution in [0.3, 0.4) is 0 Å². The predicted octanol–water partition coefficient (Wildman–Crippen LogP) is 2.22. The Morgan fingerprint density at radius 2 is 2.31 bits per heavy atom. The molecule has 3 nitrogen and oxygen atoms in total. The topological polar surface area (TPSA) is 29.3 Å². The van der Waals surface area contributed by atoms with Gasteiger partial charge < -0.3 is 5.32 Å². The molecule has 0 atom stereocenters. The first-order chi connectivity index (χ1) is 7.77. The fraction of sp³-hybridized carbons (Fsp3) is 0.462. The van der Waals surface area contributed by atoms with E-state index < -0.39 is 0 Å². The molecule has 1 aliphatic carbocycles. The van der Waals surface area contributed by atoms with Crippen molar-refractivity contribution in [3.8, 4) is 0 Å². The van der Waals surface area contributed by atoms with Gasteiger partial charge >= 0.3 is 0 Å². The summed E-state index contributed by atoms with van der Waals surface area (Å²) in [6.07, 6.45) is 6.68. The molecule has 2 heterocycles. The quantitative estimate of drug-likeness (QED) is 0.847. The van der Waals surface area contributed by atoms with Crippen molar-refractivity contribution in [2.24, 2.45) is 5.41 Å². The number of pyridine rings is 1. The molecule has 1 saturated carbocycles. The second kappa shape index (κ2) is 3.59. The third-order valence-corrected chi connectivity index (χ3v) is 3.48. The van der Waals surface area contributed by atoms with Crippen LogP contribution < -0.4 is 5.32 Å². The molecule has 0 amide bonds. The molecular weight excluding hydrogens is 198 g/mol. The van der Waals surface area contributed by atoms with Crippen molar-refractivity contribution in [1.82, 2.24) is 14.9 Å². The van der Waals surface area contributed by atoms with Gasteiger partial charge in [-0.15, -0.1) is 0 Å². The lowest BCUT2D eigenvalue weighted by Gasteiger charge is -2.08. The lowest BCUT2D eigenvalue weighted by atomic mass is 10.1. The molecule has 84 valence electrons. The SMILES string of the molecule is CC1(CNCc2cnn3ccccc23)CC1. The highest BCUT2D eigenvalue weighted by Crippen LogP contribution is 2.44. The summed E-state index contributed by atoms with van der Waals surface area (Å²) < 4.78 is 1.93. The molecule has 16 heavy (non-hydrogen) atoms. The molecule has 0 aromatic carbocycles. The van der Waals surface area contributed by atoms with E-state index in [4.69, 9.17) is 0 Å². The molecule has 1 N–H and O–H groups in total. The highest BCUT2D eigenvalue weighted by molar-refractivity contribution is 5.53. The standard InChI is InChI=1S/C13H17N3/c1-13(5-6-13)10-14-8-11-9-15-16-7-3-2-4-12(11)16/h2-4,7,9,14H,5-6,8,10H2,1H3. The summed E-state index contributed by atoms with van der Waals surface area (Å²) in [6.45, 7) is 4.39. The number of hydrogen-bond acceptors (Lipinski definition) is 2. The largest absolute Gasteiger partial charge is 0.312 e. The van der Waals surface area contributed by atoms with Crippen molar-refractivity contribution < 1.29 is 0 Å². The Bertz CT molecular complexity index is 497. The van der Waals surface area contributed by atoms with Crippen molar-refractivity contribution in [1.29, 1.82) is 0 Å². The fourth-order valence-electron chi connectivity index (χ4n) is 2.01. The van der Waals surface area contributed by atoms with Crippen LogP contribution in [0.2, 0.25) is 0 Å². The van der Waals surface area contributed by atoms with E-state index in [0.717, 1.165) is 13.1 Å². The molecule has 2 aromatic heterocycles. The molecular formula is C13H17N3. The fourth-order valence-corrected chi connectivity index (χ4v) is 2.01. The van der Waals surface area contributed by atoms with Crippen molar-refractivity contribution >= 4 is 5.52 Å². The molecule has 0 unspecified atom stereocenters. The molecule has 3 rings (SSSR count). The van der Waals surface area contributed by atoms with Gasteiger partial charge in [0.05, 0.1) is 11.7 Å². The number of fused-ring (bicyclic) bond motifs is 1. The Morgan fingerprint density at radius 3 is 3.12 bits per heavy atom. The van der Waals surface area contributed by atoms with Crippen LogP contribution in [0.15, 0.2) is 30.6 Å². The minimum Gasteiger partial charge on any atom is -0.312 e. The van der Waals surface area contributed by atoms with Crippen molar-refractivity contribution in [3.63, 3.8) is 0 Å². The summed E-state index contributed by atoms with van der Waals surface area (Å²) in [5.41, 5.74) is 3.06. The third kappa shape index (κ3) is 1.83. The molecule has 0 spiro atoms. The highest BCUT2D eigenvalue weighted by atomic mass is 15.2. The molecule has 2 aromatic rings. The number of nitrogens with zero attached hydrogens (tertiary/aromatic N) is 2. The van der Waals surface area contributed by atoms with Crippen LogP contribution in [0.25, 0.3) is 5.52 Å². The van der Waals surface area contributed by atoms with Gasteiger partial charge in [-0.05, 0) is 30.4 Å². The Morgan fingerprint density at radius 1 is 1.44 bits per heavy atom.